The molecule has 19 heavy (non-hydrogen) atoms. The highest BCUT2D eigenvalue weighted by molar-refractivity contribution is 9.10. The Labute approximate surface area is 123 Å². The Bertz CT molecular complexity index is 476. The number of piperazine rings is 1. The molecule has 5 heteroatoms. The van der Waals surface area contributed by atoms with E-state index in [1.165, 1.54) is 0 Å². The maximum Gasteiger partial charge on any atom is 0.124 e. The van der Waals surface area contributed by atoms with Crippen LogP contribution in [0.4, 0.5) is 5.69 Å². The van der Waals surface area contributed by atoms with Crippen molar-refractivity contribution >= 4 is 27.5 Å². The molecule has 2 atom stereocenters. The van der Waals surface area contributed by atoms with Crippen molar-refractivity contribution < 1.29 is 0 Å². The number of nitrogens with zero attached hydrogens (tertiary/aromatic N) is 2. The van der Waals surface area contributed by atoms with Crippen LogP contribution in [0, 0.1) is 5.41 Å². The fraction of sp³-hybridized carbons (Fsp3) is 0.500. The minimum atomic E-state index is 0.121. The van der Waals surface area contributed by atoms with Gasteiger partial charge in [0, 0.05) is 40.9 Å². The Morgan fingerprint density at radius 3 is 2.42 bits per heavy atom. The van der Waals surface area contributed by atoms with Gasteiger partial charge in [-0.25, -0.2) is 0 Å². The van der Waals surface area contributed by atoms with Crippen LogP contribution in [0.15, 0.2) is 22.7 Å². The van der Waals surface area contributed by atoms with Gasteiger partial charge in [0.2, 0.25) is 0 Å². The highest BCUT2D eigenvalue weighted by Gasteiger charge is 2.27. The molecule has 3 N–H and O–H groups in total. The number of benzene rings is 1. The van der Waals surface area contributed by atoms with Gasteiger partial charge in [-0.2, -0.15) is 0 Å². The van der Waals surface area contributed by atoms with Crippen molar-refractivity contribution in [3.8, 4) is 0 Å². The van der Waals surface area contributed by atoms with Crippen molar-refractivity contribution in [3.63, 3.8) is 0 Å². The molecule has 0 aliphatic carbocycles. The zero-order valence-electron chi connectivity index (χ0n) is 11.7. The van der Waals surface area contributed by atoms with Crippen molar-refractivity contribution in [2.45, 2.75) is 25.9 Å². The average molecular weight is 325 g/mol. The maximum absolute atomic E-state index is 7.75. The van der Waals surface area contributed by atoms with Crippen molar-refractivity contribution in [2.24, 2.45) is 5.73 Å². The Hall–Kier alpha value is -1.07. The zero-order valence-corrected chi connectivity index (χ0v) is 13.2. The summed E-state index contributed by atoms with van der Waals surface area (Å²) >= 11 is 3.44. The molecule has 1 aromatic carbocycles. The van der Waals surface area contributed by atoms with Gasteiger partial charge in [-0.05, 0) is 39.1 Å². The molecule has 1 fully saturated rings. The molecular formula is C14H21BrN4. The smallest absolute Gasteiger partial charge is 0.124 e. The number of halogens is 1. The summed E-state index contributed by atoms with van der Waals surface area (Å²) < 4.78 is 0.955. The second-order valence-electron chi connectivity index (χ2n) is 5.34. The second kappa shape index (κ2) is 5.51. The SMILES string of the molecule is CC1CN(c2ccc(Br)cc2C(=N)N)CC(C)N1C. The lowest BCUT2D eigenvalue weighted by Gasteiger charge is -2.44. The minimum Gasteiger partial charge on any atom is -0.384 e. The highest BCUT2D eigenvalue weighted by Crippen LogP contribution is 2.27. The van der Waals surface area contributed by atoms with Crippen LogP contribution in [0.1, 0.15) is 19.4 Å². The molecule has 0 radical (unpaired) electrons. The summed E-state index contributed by atoms with van der Waals surface area (Å²) in [5.74, 6) is 0.121. The van der Waals surface area contributed by atoms with Crippen molar-refractivity contribution in [3.05, 3.63) is 28.2 Å². The van der Waals surface area contributed by atoms with E-state index in [-0.39, 0.29) is 5.84 Å². The number of nitrogens with two attached hydrogens (primary N) is 1. The van der Waals surface area contributed by atoms with Crippen LogP contribution in [-0.4, -0.2) is 43.0 Å². The van der Waals surface area contributed by atoms with E-state index >= 15 is 0 Å². The van der Waals surface area contributed by atoms with Gasteiger partial charge in [-0.1, -0.05) is 15.9 Å². The van der Waals surface area contributed by atoms with Crippen LogP contribution in [0.5, 0.6) is 0 Å². The molecule has 104 valence electrons. The first-order valence-electron chi connectivity index (χ1n) is 6.51. The number of amidine groups is 1. The van der Waals surface area contributed by atoms with Crippen LogP contribution >= 0.6 is 15.9 Å². The average Bonchev–Trinajstić information content (AvgIpc) is 2.35. The predicted octanol–water partition coefficient (Wildman–Crippen LogP) is 2.26. The molecule has 0 saturated carbocycles. The Kier molecular flexibility index (Phi) is 4.16. The highest BCUT2D eigenvalue weighted by atomic mass is 79.9. The number of nitrogen functional groups attached to an aromatic ring is 1. The number of anilines is 1. The summed E-state index contributed by atoms with van der Waals surface area (Å²) in [7, 11) is 2.17. The van der Waals surface area contributed by atoms with Crippen molar-refractivity contribution in [2.75, 3.05) is 25.0 Å². The van der Waals surface area contributed by atoms with E-state index in [4.69, 9.17) is 11.1 Å². The fourth-order valence-electron chi connectivity index (χ4n) is 2.60. The standard InChI is InChI=1S/C14H21BrN4/c1-9-7-19(8-10(2)18(9)3)13-5-4-11(15)6-12(13)14(16)17/h4-6,9-10H,7-8H2,1-3H3,(H3,16,17). The molecule has 2 rings (SSSR count). The topological polar surface area (TPSA) is 56.4 Å². The van der Waals surface area contributed by atoms with E-state index in [0.29, 0.717) is 12.1 Å². The van der Waals surface area contributed by atoms with Crippen LogP contribution in [0.2, 0.25) is 0 Å². The van der Waals surface area contributed by atoms with E-state index in [0.717, 1.165) is 28.8 Å². The first-order valence-corrected chi connectivity index (χ1v) is 7.30. The van der Waals surface area contributed by atoms with Crippen LogP contribution in [-0.2, 0) is 0 Å². The van der Waals surface area contributed by atoms with Gasteiger partial charge in [-0.15, -0.1) is 0 Å². The molecule has 0 aromatic heterocycles. The predicted molar refractivity (Wildman–Crippen MR) is 84.1 cm³/mol. The third-order valence-corrected chi connectivity index (χ3v) is 4.44. The minimum absolute atomic E-state index is 0.121. The molecule has 1 saturated heterocycles. The van der Waals surface area contributed by atoms with Crippen LogP contribution in [0.3, 0.4) is 0 Å². The van der Waals surface area contributed by atoms with E-state index in [1.807, 2.05) is 18.2 Å². The molecule has 0 spiro atoms. The molecule has 2 unspecified atom stereocenters. The largest absolute Gasteiger partial charge is 0.384 e. The number of hydrogen-bond acceptors (Lipinski definition) is 3. The number of likely N-dealkylation sites (N-methyl/N-ethyl adjacent to an activating group) is 1. The van der Waals surface area contributed by atoms with Gasteiger partial charge >= 0.3 is 0 Å². The van der Waals surface area contributed by atoms with Gasteiger partial charge < -0.3 is 10.6 Å². The fourth-order valence-corrected chi connectivity index (χ4v) is 2.96. The number of hydrogen-bond donors (Lipinski definition) is 2. The molecule has 1 aromatic rings. The summed E-state index contributed by atoms with van der Waals surface area (Å²) in [6.45, 7) is 6.38. The third-order valence-electron chi connectivity index (χ3n) is 3.95. The number of nitrogens with one attached hydrogen (secondary N) is 1. The first kappa shape index (κ1) is 14.3. The van der Waals surface area contributed by atoms with Gasteiger partial charge in [0.1, 0.15) is 5.84 Å². The Balaban J connectivity index is 2.34. The second-order valence-corrected chi connectivity index (χ2v) is 6.26. The first-order chi connectivity index (χ1) is 8.90. The van der Waals surface area contributed by atoms with Gasteiger partial charge in [0.05, 0.1) is 0 Å². The van der Waals surface area contributed by atoms with E-state index in [9.17, 15) is 0 Å². The maximum atomic E-state index is 7.75. The summed E-state index contributed by atoms with van der Waals surface area (Å²) in [5, 5.41) is 7.75. The summed E-state index contributed by atoms with van der Waals surface area (Å²) in [4.78, 5) is 4.72. The van der Waals surface area contributed by atoms with Crippen molar-refractivity contribution in [1.29, 1.82) is 5.41 Å². The monoisotopic (exact) mass is 324 g/mol. The quantitative estimate of drug-likeness (QED) is 0.648. The molecule has 1 aliphatic heterocycles. The Morgan fingerprint density at radius 2 is 1.89 bits per heavy atom. The molecule has 0 amide bonds. The van der Waals surface area contributed by atoms with Gasteiger partial charge in [-0.3, -0.25) is 10.3 Å². The summed E-state index contributed by atoms with van der Waals surface area (Å²) in [6, 6.07) is 6.96. The van der Waals surface area contributed by atoms with Crippen molar-refractivity contribution in [1.82, 2.24) is 4.90 Å². The zero-order chi connectivity index (χ0) is 14.2. The molecular weight excluding hydrogens is 304 g/mol. The lowest BCUT2D eigenvalue weighted by molar-refractivity contribution is 0.170. The lowest BCUT2D eigenvalue weighted by atomic mass is 10.1. The molecule has 1 heterocycles. The lowest BCUT2D eigenvalue weighted by Crippen LogP contribution is -2.55. The molecule has 0 bridgehead atoms. The molecule has 1 aliphatic rings. The van der Waals surface area contributed by atoms with Crippen LogP contribution in [0.25, 0.3) is 0 Å². The third kappa shape index (κ3) is 2.92. The normalized spacial score (nSPS) is 24.5. The molecule has 4 nitrogen and oxygen atoms in total. The van der Waals surface area contributed by atoms with Gasteiger partial charge in [0.15, 0.2) is 0 Å². The summed E-state index contributed by atoms with van der Waals surface area (Å²) in [5.41, 5.74) is 7.57. The van der Waals surface area contributed by atoms with E-state index in [1.54, 1.807) is 0 Å². The van der Waals surface area contributed by atoms with Gasteiger partial charge in [0.25, 0.3) is 0 Å². The number of rotatable bonds is 2. The van der Waals surface area contributed by atoms with E-state index in [2.05, 4.69) is 46.6 Å². The Morgan fingerprint density at radius 1 is 1.32 bits per heavy atom. The summed E-state index contributed by atoms with van der Waals surface area (Å²) in [6.07, 6.45) is 0. The van der Waals surface area contributed by atoms with E-state index < -0.39 is 0 Å². The van der Waals surface area contributed by atoms with Crippen LogP contribution < -0.4 is 10.6 Å².